The van der Waals surface area contributed by atoms with Crippen LogP contribution >= 0.6 is 11.8 Å². The van der Waals surface area contributed by atoms with Gasteiger partial charge in [0, 0.05) is 6.92 Å². The van der Waals surface area contributed by atoms with Gasteiger partial charge in [0.15, 0.2) is 11.5 Å². The van der Waals surface area contributed by atoms with Crippen molar-refractivity contribution in [2.24, 2.45) is 0 Å². The molecule has 1 aliphatic heterocycles. The highest BCUT2D eigenvalue weighted by molar-refractivity contribution is 8.15. The van der Waals surface area contributed by atoms with Gasteiger partial charge in [-0.1, -0.05) is 17.8 Å². The fourth-order valence-electron chi connectivity index (χ4n) is 1.93. The zero-order valence-electron chi connectivity index (χ0n) is 11.7. The van der Waals surface area contributed by atoms with Gasteiger partial charge in [-0.05, 0) is 31.0 Å². The van der Waals surface area contributed by atoms with Crippen molar-refractivity contribution in [3.05, 3.63) is 23.8 Å². The molecule has 0 saturated carbocycles. The molecule has 1 fully saturated rings. The molecule has 1 saturated heterocycles. The van der Waals surface area contributed by atoms with Gasteiger partial charge in [0.05, 0.1) is 11.9 Å². The Morgan fingerprint density at radius 3 is 2.67 bits per heavy atom. The van der Waals surface area contributed by atoms with Crippen molar-refractivity contribution in [1.29, 1.82) is 0 Å². The molecule has 21 heavy (non-hydrogen) atoms. The average Bonchev–Trinajstić information content (AvgIpc) is 2.71. The van der Waals surface area contributed by atoms with Gasteiger partial charge in [-0.2, -0.15) is 0 Å². The number of nitrogens with one attached hydrogen (secondary N) is 1. The third-order valence-corrected chi connectivity index (χ3v) is 3.73. The Morgan fingerprint density at radius 2 is 2.10 bits per heavy atom. The van der Waals surface area contributed by atoms with Crippen molar-refractivity contribution in [2.45, 2.75) is 25.5 Å². The highest BCUT2D eigenvalue weighted by Gasteiger charge is 2.31. The molecule has 1 unspecified atom stereocenters. The van der Waals surface area contributed by atoms with Crippen LogP contribution in [0.25, 0.3) is 0 Å². The minimum absolute atomic E-state index is 0.285. The molecule has 1 atom stereocenters. The number of amides is 2. The molecule has 0 bridgehead atoms. The van der Waals surface area contributed by atoms with Crippen LogP contribution in [0.15, 0.2) is 18.2 Å². The Bertz CT molecular complexity index is 587. The van der Waals surface area contributed by atoms with Crippen molar-refractivity contribution in [1.82, 2.24) is 5.32 Å². The largest absolute Gasteiger partial charge is 0.490 e. The number of imide groups is 1. The Kier molecular flexibility index (Phi) is 4.85. The molecule has 1 heterocycles. The molecule has 0 spiro atoms. The summed E-state index contributed by atoms with van der Waals surface area (Å²) in [5.74, 6) is 0.0692. The molecule has 1 aromatic rings. The van der Waals surface area contributed by atoms with E-state index in [2.05, 4.69) is 5.32 Å². The minimum Gasteiger partial charge on any atom is -0.490 e. The first kappa shape index (κ1) is 15.4. The highest BCUT2D eigenvalue weighted by Crippen LogP contribution is 2.31. The molecule has 2 rings (SSSR count). The van der Waals surface area contributed by atoms with Gasteiger partial charge in [0.25, 0.3) is 5.24 Å². The highest BCUT2D eigenvalue weighted by atomic mass is 32.2. The SMILES string of the molecule is CCOc1cc(CC2SC(=O)NC2=O)ccc1OC(C)=O. The van der Waals surface area contributed by atoms with Gasteiger partial charge >= 0.3 is 5.97 Å². The van der Waals surface area contributed by atoms with Gasteiger partial charge in [0.2, 0.25) is 5.91 Å². The van der Waals surface area contributed by atoms with Crippen molar-refractivity contribution in [3.8, 4) is 11.5 Å². The number of carbonyl (C=O) groups excluding carboxylic acids is 3. The van der Waals surface area contributed by atoms with Crippen LogP contribution in [0.1, 0.15) is 19.4 Å². The normalized spacial score (nSPS) is 17.5. The van der Waals surface area contributed by atoms with Crippen molar-refractivity contribution in [2.75, 3.05) is 6.61 Å². The molecule has 1 aliphatic rings. The first-order valence-electron chi connectivity index (χ1n) is 6.45. The molecule has 0 radical (unpaired) electrons. The topological polar surface area (TPSA) is 81.7 Å². The Hall–Kier alpha value is -2.02. The van der Waals surface area contributed by atoms with Gasteiger partial charge in [-0.25, -0.2) is 0 Å². The molecular weight excluding hydrogens is 294 g/mol. The van der Waals surface area contributed by atoms with Crippen molar-refractivity contribution >= 4 is 28.9 Å². The molecule has 112 valence electrons. The van der Waals surface area contributed by atoms with Crippen LogP contribution in [0, 0.1) is 0 Å². The Morgan fingerprint density at radius 1 is 1.33 bits per heavy atom. The summed E-state index contributed by atoms with van der Waals surface area (Å²) in [7, 11) is 0. The third-order valence-electron chi connectivity index (χ3n) is 2.75. The summed E-state index contributed by atoms with van der Waals surface area (Å²) in [4.78, 5) is 33.7. The van der Waals surface area contributed by atoms with E-state index in [1.54, 1.807) is 18.2 Å². The monoisotopic (exact) mass is 309 g/mol. The Balaban J connectivity index is 2.17. The smallest absolute Gasteiger partial charge is 0.308 e. The van der Waals surface area contributed by atoms with Crippen LogP contribution in [-0.2, 0) is 16.0 Å². The predicted octanol–water partition coefficient (Wildman–Crippen LogP) is 1.90. The number of esters is 1. The number of thioether (sulfide) groups is 1. The second-order valence-corrected chi connectivity index (χ2v) is 5.57. The maximum atomic E-state index is 11.6. The van der Waals surface area contributed by atoms with E-state index >= 15 is 0 Å². The molecule has 1 aromatic carbocycles. The van der Waals surface area contributed by atoms with Crippen molar-refractivity contribution < 1.29 is 23.9 Å². The maximum Gasteiger partial charge on any atom is 0.308 e. The molecule has 0 aromatic heterocycles. The number of hydrogen-bond donors (Lipinski definition) is 1. The first-order chi connectivity index (χ1) is 9.99. The fourth-order valence-corrected chi connectivity index (χ4v) is 2.79. The number of benzene rings is 1. The van der Waals surface area contributed by atoms with Crippen LogP contribution in [0.5, 0.6) is 11.5 Å². The van der Waals surface area contributed by atoms with E-state index < -0.39 is 11.2 Å². The molecule has 0 aliphatic carbocycles. The second kappa shape index (κ2) is 6.62. The number of carbonyl (C=O) groups is 3. The van der Waals surface area contributed by atoms with Gasteiger partial charge < -0.3 is 9.47 Å². The third kappa shape index (κ3) is 3.98. The summed E-state index contributed by atoms with van der Waals surface area (Å²) in [5, 5.41) is 1.48. The van der Waals surface area contributed by atoms with E-state index in [0.29, 0.717) is 24.5 Å². The lowest BCUT2D eigenvalue weighted by molar-refractivity contribution is -0.132. The predicted molar refractivity (Wildman–Crippen MR) is 77.5 cm³/mol. The summed E-state index contributed by atoms with van der Waals surface area (Å²) in [6.07, 6.45) is 0.405. The summed E-state index contributed by atoms with van der Waals surface area (Å²) >= 11 is 0.977. The summed E-state index contributed by atoms with van der Waals surface area (Å²) in [6.45, 7) is 3.56. The standard InChI is InChI=1S/C14H15NO5S/c1-3-19-11-6-9(4-5-10(11)20-8(2)16)7-12-13(17)15-14(18)21-12/h4-6,12H,3,7H2,1-2H3,(H,15,17,18). The summed E-state index contributed by atoms with van der Waals surface area (Å²) in [5.41, 5.74) is 0.830. The van der Waals surface area contributed by atoms with Crippen LogP contribution in [0.4, 0.5) is 4.79 Å². The maximum absolute atomic E-state index is 11.6. The van der Waals surface area contributed by atoms with E-state index in [1.807, 2.05) is 6.92 Å². The van der Waals surface area contributed by atoms with Crippen LogP contribution in [0.2, 0.25) is 0 Å². The van der Waals surface area contributed by atoms with Crippen LogP contribution < -0.4 is 14.8 Å². The average molecular weight is 309 g/mol. The lowest BCUT2D eigenvalue weighted by Gasteiger charge is -2.12. The molecule has 7 heteroatoms. The van der Waals surface area contributed by atoms with Crippen LogP contribution in [0.3, 0.4) is 0 Å². The summed E-state index contributed by atoms with van der Waals surface area (Å²) in [6, 6.07) is 5.09. The van der Waals surface area contributed by atoms with Gasteiger partial charge in [-0.15, -0.1) is 0 Å². The van der Waals surface area contributed by atoms with Gasteiger partial charge in [0.1, 0.15) is 0 Å². The van der Waals surface area contributed by atoms with Gasteiger partial charge in [-0.3, -0.25) is 19.7 Å². The van der Waals surface area contributed by atoms with Crippen LogP contribution in [-0.4, -0.2) is 29.0 Å². The zero-order chi connectivity index (χ0) is 15.4. The van der Waals surface area contributed by atoms with E-state index in [9.17, 15) is 14.4 Å². The van der Waals surface area contributed by atoms with Crippen molar-refractivity contribution in [3.63, 3.8) is 0 Å². The number of ether oxygens (including phenoxy) is 2. The van der Waals surface area contributed by atoms with E-state index in [4.69, 9.17) is 9.47 Å². The summed E-state index contributed by atoms with van der Waals surface area (Å²) < 4.78 is 10.5. The fraction of sp³-hybridized carbons (Fsp3) is 0.357. The second-order valence-electron chi connectivity index (χ2n) is 4.40. The molecule has 1 N–H and O–H groups in total. The molecule has 2 amide bonds. The van der Waals surface area contributed by atoms with E-state index in [0.717, 1.165) is 17.3 Å². The first-order valence-corrected chi connectivity index (χ1v) is 7.33. The lowest BCUT2D eigenvalue weighted by Crippen LogP contribution is -2.25. The zero-order valence-corrected chi connectivity index (χ0v) is 12.5. The Labute approximate surface area is 126 Å². The van der Waals surface area contributed by atoms with E-state index in [-0.39, 0.29) is 11.1 Å². The number of rotatable bonds is 5. The molecular formula is C14H15NO5S. The molecule has 6 nitrogen and oxygen atoms in total. The minimum atomic E-state index is -0.438. The number of hydrogen-bond acceptors (Lipinski definition) is 6. The lowest BCUT2D eigenvalue weighted by atomic mass is 10.1. The van der Waals surface area contributed by atoms with E-state index in [1.165, 1.54) is 6.92 Å². The quantitative estimate of drug-likeness (QED) is 0.661.